The van der Waals surface area contributed by atoms with Gasteiger partial charge < -0.3 is 15.4 Å². The molecule has 0 unspecified atom stereocenters. The van der Waals surface area contributed by atoms with Gasteiger partial charge in [0.15, 0.2) is 0 Å². The Hall–Kier alpha value is -0.420. The van der Waals surface area contributed by atoms with E-state index in [1.54, 1.807) is 17.6 Å². The molecule has 1 heterocycles. The van der Waals surface area contributed by atoms with Crippen LogP contribution >= 0.6 is 11.3 Å². The maximum Gasteiger partial charge on any atom is 0.0587 e. The van der Waals surface area contributed by atoms with Crippen molar-refractivity contribution in [2.24, 2.45) is 0 Å². The molecule has 2 N–H and O–H groups in total. The van der Waals surface area contributed by atoms with Crippen molar-refractivity contribution >= 4 is 11.3 Å². The van der Waals surface area contributed by atoms with Gasteiger partial charge in [-0.1, -0.05) is 0 Å². The highest BCUT2D eigenvalue weighted by Crippen LogP contribution is 2.29. The minimum absolute atomic E-state index is 0.800. The molecule has 0 aromatic carbocycles. The van der Waals surface area contributed by atoms with Gasteiger partial charge in [-0.25, -0.2) is 0 Å². The van der Waals surface area contributed by atoms with E-state index in [0.717, 1.165) is 32.8 Å². The number of aryl methyl sites for hydroxylation is 2. The summed E-state index contributed by atoms with van der Waals surface area (Å²) in [5, 5.41) is 6.90. The van der Waals surface area contributed by atoms with Crippen LogP contribution in [0.3, 0.4) is 0 Å². The molecule has 19 heavy (non-hydrogen) atoms. The van der Waals surface area contributed by atoms with Crippen molar-refractivity contribution < 1.29 is 4.74 Å². The van der Waals surface area contributed by atoms with Crippen molar-refractivity contribution in [2.45, 2.75) is 38.6 Å². The van der Waals surface area contributed by atoms with Crippen LogP contribution in [-0.2, 0) is 24.1 Å². The summed E-state index contributed by atoms with van der Waals surface area (Å²) in [6.45, 7) is 4.94. The molecule has 4 heteroatoms. The van der Waals surface area contributed by atoms with Crippen LogP contribution in [-0.4, -0.2) is 33.4 Å². The van der Waals surface area contributed by atoms with E-state index in [9.17, 15) is 0 Å². The lowest BCUT2D eigenvalue weighted by atomic mass is 9.99. The number of methoxy groups -OCH3 is 1. The number of ether oxygens (including phenoxy) is 1. The van der Waals surface area contributed by atoms with Crippen LogP contribution in [0.4, 0.5) is 0 Å². The number of rotatable bonds is 9. The van der Waals surface area contributed by atoms with Crippen molar-refractivity contribution in [3.8, 4) is 0 Å². The summed E-state index contributed by atoms with van der Waals surface area (Å²) >= 11 is 2.02. The molecule has 0 atom stereocenters. The average molecular weight is 282 g/mol. The Kier molecular flexibility index (Phi) is 6.85. The fourth-order valence-corrected chi connectivity index (χ4v) is 3.72. The van der Waals surface area contributed by atoms with Gasteiger partial charge in [0.1, 0.15) is 0 Å². The first-order valence-corrected chi connectivity index (χ1v) is 8.22. The maximum absolute atomic E-state index is 4.99. The lowest BCUT2D eigenvalue weighted by molar-refractivity contribution is 0.199. The Labute approximate surface area is 120 Å². The van der Waals surface area contributed by atoms with E-state index in [1.807, 2.05) is 11.3 Å². The molecule has 1 aliphatic rings. The summed E-state index contributed by atoms with van der Waals surface area (Å²) in [6.07, 6.45) is 6.55. The van der Waals surface area contributed by atoms with Gasteiger partial charge in [-0.05, 0) is 56.8 Å². The van der Waals surface area contributed by atoms with Crippen LogP contribution in [0, 0.1) is 0 Å². The molecular weight excluding hydrogens is 256 g/mol. The summed E-state index contributed by atoms with van der Waals surface area (Å²) in [5.74, 6) is 0. The van der Waals surface area contributed by atoms with Gasteiger partial charge >= 0.3 is 0 Å². The average Bonchev–Trinajstić information content (AvgIpc) is 2.84. The Bertz CT molecular complexity index is 342. The third kappa shape index (κ3) is 5.22. The van der Waals surface area contributed by atoms with Crippen molar-refractivity contribution in [2.75, 3.05) is 33.4 Å². The number of fused-ring (bicyclic) bond motifs is 1. The molecule has 0 aliphatic heterocycles. The van der Waals surface area contributed by atoms with Gasteiger partial charge in [0, 0.05) is 30.0 Å². The number of hydrogen-bond acceptors (Lipinski definition) is 4. The third-order valence-electron chi connectivity index (χ3n) is 3.54. The van der Waals surface area contributed by atoms with Gasteiger partial charge in [0.05, 0.1) is 6.61 Å². The molecule has 2 rings (SSSR count). The van der Waals surface area contributed by atoms with E-state index < -0.39 is 0 Å². The topological polar surface area (TPSA) is 33.3 Å². The summed E-state index contributed by atoms with van der Waals surface area (Å²) in [5.41, 5.74) is 1.62. The summed E-state index contributed by atoms with van der Waals surface area (Å²) in [6, 6.07) is 2.42. The fraction of sp³-hybridized carbons (Fsp3) is 0.733. The minimum atomic E-state index is 0.800. The molecule has 0 radical (unpaired) electrons. The first kappa shape index (κ1) is 15.0. The maximum atomic E-state index is 4.99. The highest BCUT2D eigenvalue weighted by atomic mass is 32.1. The minimum Gasteiger partial charge on any atom is -0.383 e. The van der Waals surface area contributed by atoms with Crippen LogP contribution in [0.25, 0.3) is 0 Å². The highest BCUT2D eigenvalue weighted by Gasteiger charge is 2.12. The Morgan fingerprint density at radius 1 is 1.16 bits per heavy atom. The summed E-state index contributed by atoms with van der Waals surface area (Å²) < 4.78 is 4.99. The van der Waals surface area contributed by atoms with E-state index >= 15 is 0 Å². The highest BCUT2D eigenvalue weighted by molar-refractivity contribution is 7.12. The monoisotopic (exact) mass is 282 g/mol. The quantitative estimate of drug-likeness (QED) is 0.682. The molecule has 0 bridgehead atoms. The Morgan fingerprint density at radius 2 is 2.00 bits per heavy atom. The van der Waals surface area contributed by atoms with Crippen LogP contribution < -0.4 is 10.6 Å². The molecule has 1 aliphatic carbocycles. The van der Waals surface area contributed by atoms with Gasteiger partial charge in [0.25, 0.3) is 0 Å². The molecular formula is C15H26N2OS. The van der Waals surface area contributed by atoms with Crippen LogP contribution in [0.5, 0.6) is 0 Å². The van der Waals surface area contributed by atoms with Gasteiger partial charge in [0.2, 0.25) is 0 Å². The number of nitrogens with one attached hydrogen (secondary N) is 2. The second kappa shape index (κ2) is 8.69. The second-order valence-corrected chi connectivity index (χ2v) is 6.36. The van der Waals surface area contributed by atoms with Crippen LogP contribution in [0.15, 0.2) is 6.07 Å². The SMILES string of the molecule is COCCNCCCNCc1cc2c(s1)CCCC2. The molecule has 0 fully saturated rings. The summed E-state index contributed by atoms with van der Waals surface area (Å²) in [7, 11) is 1.74. The largest absolute Gasteiger partial charge is 0.383 e. The molecule has 108 valence electrons. The predicted molar refractivity (Wildman–Crippen MR) is 82.0 cm³/mol. The Morgan fingerprint density at radius 3 is 2.84 bits per heavy atom. The standard InChI is InChI=1S/C15H26N2OS/c1-18-10-9-16-7-4-8-17-12-14-11-13-5-2-3-6-15(13)19-14/h11,16-17H,2-10,12H2,1H3. The molecule has 0 spiro atoms. The Balaban J connectivity index is 1.54. The number of thiophene rings is 1. The first-order chi connectivity index (χ1) is 9.40. The van der Waals surface area contributed by atoms with Crippen molar-refractivity contribution in [3.63, 3.8) is 0 Å². The van der Waals surface area contributed by atoms with Gasteiger partial charge in [-0.15, -0.1) is 11.3 Å². The van der Waals surface area contributed by atoms with Crippen molar-refractivity contribution in [1.29, 1.82) is 0 Å². The van der Waals surface area contributed by atoms with Gasteiger partial charge in [-0.3, -0.25) is 0 Å². The lowest BCUT2D eigenvalue weighted by Crippen LogP contribution is -2.24. The van der Waals surface area contributed by atoms with Crippen molar-refractivity contribution in [3.05, 3.63) is 21.4 Å². The van der Waals surface area contributed by atoms with Crippen molar-refractivity contribution in [1.82, 2.24) is 10.6 Å². The normalized spacial score (nSPS) is 14.6. The molecule has 1 aromatic heterocycles. The molecule has 0 saturated carbocycles. The van der Waals surface area contributed by atoms with Crippen LogP contribution in [0.1, 0.15) is 34.6 Å². The van der Waals surface area contributed by atoms with E-state index in [1.165, 1.54) is 37.0 Å². The summed E-state index contributed by atoms with van der Waals surface area (Å²) in [4.78, 5) is 3.16. The first-order valence-electron chi connectivity index (χ1n) is 7.41. The van der Waals surface area contributed by atoms with E-state index in [2.05, 4.69) is 16.7 Å². The van der Waals surface area contributed by atoms with Gasteiger partial charge in [-0.2, -0.15) is 0 Å². The predicted octanol–water partition coefficient (Wildman–Crippen LogP) is 2.34. The fourth-order valence-electron chi connectivity index (χ4n) is 2.49. The van der Waals surface area contributed by atoms with Crippen LogP contribution in [0.2, 0.25) is 0 Å². The smallest absolute Gasteiger partial charge is 0.0587 e. The zero-order chi connectivity index (χ0) is 13.3. The molecule has 3 nitrogen and oxygen atoms in total. The zero-order valence-corrected chi connectivity index (χ0v) is 12.8. The van der Waals surface area contributed by atoms with E-state index in [0.29, 0.717) is 0 Å². The molecule has 0 amide bonds. The molecule has 0 saturated heterocycles. The van der Waals surface area contributed by atoms with E-state index in [-0.39, 0.29) is 0 Å². The number of hydrogen-bond donors (Lipinski definition) is 2. The lowest BCUT2D eigenvalue weighted by Gasteiger charge is -2.08. The molecule has 1 aromatic rings. The zero-order valence-electron chi connectivity index (χ0n) is 12.0. The second-order valence-electron chi connectivity index (χ2n) is 5.14. The van der Waals surface area contributed by atoms with E-state index in [4.69, 9.17) is 4.74 Å². The third-order valence-corrected chi connectivity index (χ3v) is 4.77.